The number of amides is 1. The van der Waals surface area contributed by atoms with Crippen LogP contribution >= 0.6 is 11.8 Å². The summed E-state index contributed by atoms with van der Waals surface area (Å²) < 4.78 is 13.0. The average molecular weight is 627 g/mol. The van der Waals surface area contributed by atoms with Gasteiger partial charge in [-0.3, -0.25) is 9.59 Å². The van der Waals surface area contributed by atoms with Gasteiger partial charge in [0.25, 0.3) is 0 Å². The molecule has 1 aliphatic heterocycles. The topological polar surface area (TPSA) is 118 Å². The number of unbranched alkanes of at least 4 members (excludes halogenated alkanes) is 1. The number of thioether (sulfide) groups is 1. The fourth-order valence-corrected chi connectivity index (χ4v) is 6.13. The standard InChI is InChI=1S/C36H38N2O6S/c39-23-25-12-14-27(15-13-25)32-21-30(24-45-34-10-5-6-20-37-34)43-36(44-32)28-18-16-26(17-19-28)31-8-2-1-7-29(31)22-38-33(40)9-3-4-11-35(41)42/h1-2,5-8,10,12-20,30,32,36,39H,3-4,9,11,21-24H2,(H,38,40)(H,41,42). The molecule has 3 aromatic carbocycles. The van der Waals surface area contributed by atoms with E-state index in [1.807, 2.05) is 91.0 Å². The minimum atomic E-state index is -0.843. The van der Waals surface area contributed by atoms with Crippen molar-refractivity contribution < 1.29 is 29.3 Å². The van der Waals surface area contributed by atoms with Gasteiger partial charge in [0, 0.05) is 43.3 Å². The number of rotatable bonds is 14. The average Bonchev–Trinajstić information content (AvgIpc) is 3.09. The van der Waals surface area contributed by atoms with Crippen molar-refractivity contribution in [3.8, 4) is 11.1 Å². The van der Waals surface area contributed by atoms with E-state index in [4.69, 9.17) is 14.6 Å². The number of carboxylic acid groups (broad SMARTS) is 1. The lowest BCUT2D eigenvalue weighted by Crippen LogP contribution is -2.31. The number of aromatic nitrogens is 1. The Morgan fingerprint density at radius 1 is 0.867 bits per heavy atom. The van der Waals surface area contributed by atoms with Crippen LogP contribution in [-0.2, 0) is 32.2 Å². The maximum absolute atomic E-state index is 12.3. The zero-order valence-corrected chi connectivity index (χ0v) is 25.8. The van der Waals surface area contributed by atoms with E-state index in [1.54, 1.807) is 18.0 Å². The van der Waals surface area contributed by atoms with Crippen LogP contribution in [0.2, 0.25) is 0 Å². The van der Waals surface area contributed by atoms with E-state index >= 15 is 0 Å². The first-order valence-electron chi connectivity index (χ1n) is 15.2. The first-order chi connectivity index (χ1) is 22.0. The lowest BCUT2D eigenvalue weighted by molar-refractivity contribution is -0.245. The predicted molar refractivity (Wildman–Crippen MR) is 173 cm³/mol. The van der Waals surface area contributed by atoms with Gasteiger partial charge in [-0.05, 0) is 52.8 Å². The van der Waals surface area contributed by atoms with Gasteiger partial charge in [0.2, 0.25) is 5.91 Å². The Labute approximate surface area is 267 Å². The third kappa shape index (κ3) is 9.48. The van der Waals surface area contributed by atoms with Crippen molar-refractivity contribution in [3.63, 3.8) is 0 Å². The highest BCUT2D eigenvalue weighted by Crippen LogP contribution is 2.40. The van der Waals surface area contributed by atoms with Crippen molar-refractivity contribution >= 4 is 23.6 Å². The Morgan fingerprint density at radius 2 is 1.60 bits per heavy atom. The molecule has 1 aliphatic rings. The number of ether oxygens (including phenoxy) is 2. The number of hydrogen-bond acceptors (Lipinski definition) is 7. The number of aliphatic hydroxyl groups excluding tert-OH is 1. The lowest BCUT2D eigenvalue weighted by atomic mass is 9.97. The highest BCUT2D eigenvalue weighted by Gasteiger charge is 2.32. The molecule has 234 valence electrons. The van der Waals surface area contributed by atoms with Crippen LogP contribution in [0.4, 0.5) is 0 Å². The number of carboxylic acids is 1. The molecule has 5 rings (SSSR count). The number of pyridine rings is 1. The Balaban J connectivity index is 1.27. The Bertz CT molecular complexity index is 1530. The highest BCUT2D eigenvalue weighted by molar-refractivity contribution is 7.99. The molecule has 3 N–H and O–H groups in total. The van der Waals surface area contributed by atoms with E-state index in [0.29, 0.717) is 32.2 Å². The van der Waals surface area contributed by atoms with Crippen molar-refractivity contribution in [2.24, 2.45) is 0 Å². The van der Waals surface area contributed by atoms with Gasteiger partial charge >= 0.3 is 5.97 Å². The SMILES string of the molecule is O=C(O)CCCCC(=O)NCc1ccccc1-c1ccc(C2OC(CSc3ccccn3)CC(c3ccc(CO)cc3)O2)cc1. The van der Waals surface area contributed by atoms with Crippen LogP contribution in [0.25, 0.3) is 11.1 Å². The van der Waals surface area contributed by atoms with E-state index in [1.165, 1.54) is 0 Å². The molecule has 45 heavy (non-hydrogen) atoms. The molecule has 1 fully saturated rings. The molecule has 0 spiro atoms. The number of nitrogens with one attached hydrogen (secondary N) is 1. The van der Waals surface area contributed by atoms with E-state index in [9.17, 15) is 14.7 Å². The van der Waals surface area contributed by atoms with Crippen molar-refractivity contribution in [2.45, 2.75) is 68.8 Å². The summed E-state index contributed by atoms with van der Waals surface area (Å²) in [6, 6.07) is 29.9. The van der Waals surface area contributed by atoms with E-state index < -0.39 is 12.3 Å². The normalized spacial score (nSPS) is 17.9. The minimum absolute atomic E-state index is 0.00265. The zero-order valence-electron chi connectivity index (χ0n) is 25.0. The van der Waals surface area contributed by atoms with Crippen LogP contribution in [0.15, 0.2) is 102 Å². The van der Waals surface area contributed by atoms with Gasteiger partial charge in [-0.25, -0.2) is 4.98 Å². The molecule has 0 bridgehead atoms. The Kier molecular flexibility index (Phi) is 11.8. The number of carbonyl (C=O) groups is 2. The fourth-order valence-electron chi connectivity index (χ4n) is 5.25. The molecular weight excluding hydrogens is 588 g/mol. The first-order valence-corrected chi connectivity index (χ1v) is 16.2. The summed E-state index contributed by atoms with van der Waals surface area (Å²) in [5.74, 6) is -0.197. The van der Waals surface area contributed by atoms with Crippen LogP contribution in [0, 0.1) is 0 Å². The van der Waals surface area contributed by atoms with Crippen molar-refractivity contribution in [1.82, 2.24) is 10.3 Å². The van der Waals surface area contributed by atoms with Crippen LogP contribution < -0.4 is 5.32 Å². The summed E-state index contributed by atoms with van der Waals surface area (Å²) in [6.45, 7) is 0.383. The maximum Gasteiger partial charge on any atom is 0.303 e. The van der Waals surface area contributed by atoms with Crippen molar-refractivity contribution in [3.05, 3.63) is 119 Å². The lowest BCUT2D eigenvalue weighted by Gasteiger charge is -2.36. The third-order valence-electron chi connectivity index (χ3n) is 7.70. The molecule has 3 unspecified atom stereocenters. The molecule has 0 radical (unpaired) electrons. The molecule has 1 saturated heterocycles. The van der Waals surface area contributed by atoms with E-state index in [-0.39, 0.29) is 31.1 Å². The molecule has 4 aromatic rings. The smallest absolute Gasteiger partial charge is 0.303 e. The zero-order chi connectivity index (χ0) is 31.4. The second-order valence-electron chi connectivity index (χ2n) is 11.0. The van der Waals surface area contributed by atoms with Crippen LogP contribution in [0.3, 0.4) is 0 Å². The van der Waals surface area contributed by atoms with E-state index in [0.717, 1.165) is 44.2 Å². The van der Waals surface area contributed by atoms with Gasteiger partial charge in [-0.2, -0.15) is 0 Å². The molecule has 2 heterocycles. The maximum atomic E-state index is 12.3. The van der Waals surface area contributed by atoms with Gasteiger partial charge in [0.15, 0.2) is 6.29 Å². The number of aliphatic carboxylic acids is 1. The monoisotopic (exact) mass is 626 g/mol. The molecule has 9 heteroatoms. The summed E-state index contributed by atoms with van der Waals surface area (Å²) in [7, 11) is 0. The summed E-state index contributed by atoms with van der Waals surface area (Å²) in [5.41, 5.74) is 5.84. The molecular formula is C36H38N2O6S. The summed E-state index contributed by atoms with van der Waals surface area (Å²) >= 11 is 1.66. The molecule has 0 saturated carbocycles. The minimum Gasteiger partial charge on any atom is -0.481 e. The quantitative estimate of drug-likeness (QED) is 0.103. The number of carbonyl (C=O) groups excluding carboxylic acids is 1. The van der Waals surface area contributed by atoms with Crippen LogP contribution in [0.1, 0.15) is 66.8 Å². The number of aliphatic hydroxyl groups is 1. The summed E-state index contributed by atoms with van der Waals surface area (Å²) in [4.78, 5) is 27.5. The van der Waals surface area contributed by atoms with Gasteiger partial charge in [-0.1, -0.05) is 78.9 Å². The van der Waals surface area contributed by atoms with Gasteiger partial charge < -0.3 is 25.0 Å². The van der Waals surface area contributed by atoms with Gasteiger partial charge in [0.1, 0.15) is 0 Å². The second kappa shape index (κ2) is 16.3. The van der Waals surface area contributed by atoms with Gasteiger partial charge in [0.05, 0.1) is 23.8 Å². The summed E-state index contributed by atoms with van der Waals surface area (Å²) in [6.07, 6.45) is 3.12. The predicted octanol–water partition coefficient (Wildman–Crippen LogP) is 6.84. The molecule has 0 aliphatic carbocycles. The van der Waals surface area contributed by atoms with Gasteiger partial charge in [-0.15, -0.1) is 11.8 Å². The third-order valence-corrected chi connectivity index (χ3v) is 8.78. The second-order valence-corrected chi connectivity index (χ2v) is 12.0. The molecule has 8 nitrogen and oxygen atoms in total. The van der Waals surface area contributed by atoms with Crippen molar-refractivity contribution in [2.75, 3.05) is 5.75 Å². The van der Waals surface area contributed by atoms with Crippen LogP contribution in [-0.4, -0.2) is 38.9 Å². The Morgan fingerprint density at radius 3 is 2.33 bits per heavy atom. The molecule has 3 atom stereocenters. The largest absolute Gasteiger partial charge is 0.481 e. The number of nitrogens with zero attached hydrogens (tertiary/aromatic N) is 1. The Hall–Kier alpha value is -4.02. The number of benzene rings is 3. The fraction of sp³-hybridized carbons (Fsp3) is 0.306. The number of hydrogen-bond donors (Lipinski definition) is 3. The van der Waals surface area contributed by atoms with Crippen molar-refractivity contribution in [1.29, 1.82) is 0 Å². The molecule has 1 aromatic heterocycles. The van der Waals surface area contributed by atoms with Crippen LogP contribution in [0.5, 0.6) is 0 Å². The first kappa shape index (κ1) is 32.4. The highest BCUT2D eigenvalue weighted by atomic mass is 32.2. The molecule has 1 amide bonds. The van der Waals surface area contributed by atoms with E-state index in [2.05, 4.69) is 10.3 Å². The summed E-state index contributed by atoms with van der Waals surface area (Å²) in [5, 5.41) is 22.2.